The number of aromatic hydroxyl groups is 1. The Morgan fingerprint density at radius 1 is 1.12 bits per heavy atom. The fourth-order valence-electron chi connectivity index (χ4n) is 3.92. The van der Waals surface area contributed by atoms with Gasteiger partial charge in [-0.2, -0.15) is 0 Å². The predicted molar refractivity (Wildman–Crippen MR) is 118 cm³/mol. The number of fused-ring (bicyclic) bond motifs is 2. The molecule has 2 aromatic carbocycles. The Labute approximate surface area is 182 Å². The van der Waals surface area contributed by atoms with Crippen LogP contribution in [0.1, 0.15) is 23.5 Å². The largest absolute Gasteiger partial charge is 0.507 e. The van der Waals surface area contributed by atoms with Gasteiger partial charge < -0.3 is 23.6 Å². The monoisotopic (exact) mass is 435 g/mol. The van der Waals surface area contributed by atoms with Gasteiger partial charge in [0, 0.05) is 24.6 Å². The number of carbonyl (C=O) groups is 1. The lowest BCUT2D eigenvalue weighted by atomic mass is 9.88. The van der Waals surface area contributed by atoms with Crippen LogP contribution in [0.4, 0.5) is 0 Å². The van der Waals surface area contributed by atoms with Crippen LogP contribution in [0.5, 0.6) is 11.5 Å². The summed E-state index contributed by atoms with van der Waals surface area (Å²) in [4.78, 5) is 38.4. The number of benzene rings is 2. The molecule has 0 bridgehead atoms. The summed E-state index contributed by atoms with van der Waals surface area (Å²) >= 11 is 0. The smallest absolute Gasteiger partial charge is 0.343 e. The van der Waals surface area contributed by atoms with Crippen molar-refractivity contribution in [3.63, 3.8) is 0 Å². The summed E-state index contributed by atoms with van der Waals surface area (Å²) in [7, 11) is 4.33. The predicted octanol–water partition coefficient (Wildman–Crippen LogP) is 3.05. The fourth-order valence-corrected chi connectivity index (χ4v) is 3.92. The van der Waals surface area contributed by atoms with Crippen LogP contribution in [0.15, 0.2) is 62.5 Å². The lowest BCUT2D eigenvalue weighted by molar-refractivity contribution is -0.140. The number of methoxy groups -OCH3 is 2. The van der Waals surface area contributed by atoms with Crippen molar-refractivity contribution in [2.75, 3.05) is 14.2 Å². The van der Waals surface area contributed by atoms with Gasteiger partial charge in [-0.1, -0.05) is 12.1 Å². The molecular weight excluding hydrogens is 414 g/mol. The van der Waals surface area contributed by atoms with Crippen LogP contribution in [0, 0.1) is 0 Å². The Balaban J connectivity index is 2.02. The lowest BCUT2D eigenvalue weighted by Gasteiger charge is -2.19. The van der Waals surface area contributed by atoms with E-state index in [-0.39, 0.29) is 28.9 Å². The third-order valence-electron chi connectivity index (χ3n) is 5.60. The normalized spacial score (nSPS) is 12.1. The minimum atomic E-state index is -1.08. The topological polar surface area (TPSA) is 108 Å². The molecule has 2 heterocycles. The SMILES string of the molecule is COC(=O)CC(c1c(O)c2ccccc2oc1=O)c1cc2ccc(OC)cc2n(C)c1=O. The van der Waals surface area contributed by atoms with Crippen molar-refractivity contribution >= 4 is 27.8 Å². The molecule has 0 aliphatic heterocycles. The van der Waals surface area contributed by atoms with Gasteiger partial charge >= 0.3 is 11.6 Å². The molecule has 0 spiro atoms. The van der Waals surface area contributed by atoms with E-state index >= 15 is 0 Å². The van der Waals surface area contributed by atoms with Gasteiger partial charge in [0.05, 0.1) is 37.1 Å². The molecule has 32 heavy (non-hydrogen) atoms. The first-order chi connectivity index (χ1) is 15.3. The first-order valence-corrected chi connectivity index (χ1v) is 9.85. The summed E-state index contributed by atoms with van der Waals surface area (Å²) in [6.07, 6.45) is -0.329. The van der Waals surface area contributed by atoms with E-state index in [9.17, 15) is 19.5 Å². The zero-order valence-electron chi connectivity index (χ0n) is 17.7. The van der Waals surface area contributed by atoms with E-state index in [0.29, 0.717) is 22.0 Å². The average Bonchev–Trinajstić information content (AvgIpc) is 2.80. The Bertz CT molecular complexity index is 1470. The van der Waals surface area contributed by atoms with Crippen LogP contribution in [0.2, 0.25) is 0 Å². The lowest BCUT2D eigenvalue weighted by Crippen LogP contribution is -2.27. The van der Waals surface area contributed by atoms with E-state index in [1.165, 1.54) is 18.8 Å². The number of aromatic nitrogens is 1. The van der Waals surface area contributed by atoms with Crippen LogP contribution >= 0.6 is 0 Å². The molecule has 0 fully saturated rings. The molecule has 0 radical (unpaired) electrons. The minimum Gasteiger partial charge on any atom is -0.507 e. The van der Waals surface area contributed by atoms with Crippen molar-refractivity contribution in [2.24, 2.45) is 7.05 Å². The molecule has 8 heteroatoms. The molecule has 4 rings (SSSR count). The highest BCUT2D eigenvalue weighted by molar-refractivity contribution is 5.85. The maximum absolute atomic E-state index is 13.3. The summed E-state index contributed by atoms with van der Waals surface area (Å²) in [5.74, 6) is -1.46. The van der Waals surface area contributed by atoms with Crippen molar-refractivity contribution < 1.29 is 23.8 Å². The highest BCUT2D eigenvalue weighted by Gasteiger charge is 2.30. The van der Waals surface area contributed by atoms with Crippen LogP contribution in [-0.2, 0) is 16.6 Å². The molecule has 1 N–H and O–H groups in total. The van der Waals surface area contributed by atoms with Crippen LogP contribution in [0.25, 0.3) is 21.9 Å². The molecular formula is C24H21NO7. The van der Waals surface area contributed by atoms with E-state index in [4.69, 9.17) is 13.9 Å². The van der Waals surface area contributed by atoms with Crippen molar-refractivity contribution in [3.05, 3.63) is 80.4 Å². The van der Waals surface area contributed by atoms with E-state index in [1.54, 1.807) is 55.6 Å². The van der Waals surface area contributed by atoms with Crippen molar-refractivity contribution in [3.8, 4) is 11.5 Å². The Kier molecular flexibility index (Phi) is 5.44. The van der Waals surface area contributed by atoms with Gasteiger partial charge in [-0.15, -0.1) is 0 Å². The summed E-state index contributed by atoms with van der Waals surface area (Å²) in [6, 6.07) is 13.3. The number of hydrogen-bond acceptors (Lipinski definition) is 7. The zero-order valence-corrected chi connectivity index (χ0v) is 17.7. The minimum absolute atomic E-state index is 0.161. The molecule has 0 aliphatic rings. The Morgan fingerprint density at radius 2 is 1.88 bits per heavy atom. The van der Waals surface area contributed by atoms with E-state index < -0.39 is 23.1 Å². The first kappa shape index (κ1) is 21.2. The second-order valence-electron chi connectivity index (χ2n) is 7.37. The number of pyridine rings is 1. The molecule has 4 aromatic rings. The van der Waals surface area contributed by atoms with Gasteiger partial charge in [-0.25, -0.2) is 4.79 Å². The molecule has 0 saturated carbocycles. The van der Waals surface area contributed by atoms with Crippen LogP contribution in [-0.4, -0.2) is 29.9 Å². The number of nitrogens with zero attached hydrogens (tertiary/aromatic N) is 1. The second-order valence-corrected chi connectivity index (χ2v) is 7.37. The Hall–Kier alpha value is -4.07. The van der Waals surface area contributed by atoms with Gasteiger partial charge in [0.25, 0.3) is 5.56 Å². The van der Waals surface area contributed by atoms with E-state index in [0.717, 1.165) is 0 Å². The van der Waals surface area contributed by atoms with Crippen LogP contribution in [0.3, 0.4) is 0 Å². The molecule has 1 unspecified atom stereocenters. The first-order valence-electron chi connectivity index (χ1n) is 9.85. The molecule has 0 aliphatic carbocycles. The third-order valence-corrected chi connectivity index (χ3v) is 5.60. The number of para-hydroxylation sites is 1. The van der Waals surface area contributed by atoms with Gasteiger partial charge in [0.1, 0.15) is 17.1 Å². The van der Waals surface area contributed by atoms with Gasteiger partial charge in [-0.05, 0) is 35.7 Å². The second kappa shape index (κ2) is 8.22. The number of carbonyl (C=O) groups excluding carboxylic acids is 1. The third kappa shape index (κ3) is 3.49. The number of esters is 1. The number of rotatable bonds is 5. The highest BCUT2D eigenvalue weighted by atomic mass is 16.5. The van der Waals surface area contributed by atoms with Crippen LogP contribution < -0.4 is 15.9 Å². The quantitative estimate of drug-likeness (QED) is 0.379. The number of hydrogen-bond donors (Lipinski definition) is 1. The van der Waals surface area contributed by atoms with E-state index in [2.05, 4.69) is 0 Å². The Morgan fingerprint density at radius 3 is 2.59 bits per heavy atom. The zero-order chi connectivity index (χ0) is 23.0. The molecule has 1 atom stereocenters. The van der Waals surface area contributed by atoms with Crippen molar-refractivity contribution in [1.82, 2.24) is 4.57 Å². The molecule has 0 amide bonds. The molecule has 0 saturated heterocycles. The maximum Gasteiger partial charge on any atom is 0.343 e. The van der Waals surface area contributed by atoms with E-state index in [1.807, 2.05) is 0 Å². The fraction of sp³-hybridized carbons (Fsp3) is 0.208. The summed E-state index contributed by atoms with van der Waals surface area (Å²) in [6.45, 7) is 0. The van der Waals surface area contributed by atoms with Crippen molar-refractivity contribution in [2.45, 2.75) is 12.3 Å². The average molecular weight is 435 g/mol. The number of aryl methyl sites for hydroxylation is 1. The van der Waals surface area contributed by atoms with Gasteiger partial charge in [0.15, 0.2) is 0 Å². The van der Waals surface area contributed by atoms with Gasteiger partial charge in [0.2, 0.25) is 0 Å². The maximum atomic E-state index is 13.3. The summed E-state index contributed by atoms with van der Waals surface area (Å²) in [5.41, 5.74) is -0.440. The number of ether oxygens (including phenoxy) is 2. The van der Waals surface area contributed by atoms with Crippen molar-refractivity contribution in [1.29, 1.82) is 0 Å². The summed E-state index contributed by atoms with van der Waals surface area (Å²) < 4.78 is 16.8. The highest BCUT2D eigenvalue weighted by Crippen LogP contribution is 2.36. The summed E-state index contributed by atoms with van der Waals surface area (Å²) in [5, 5.41) is 12.0. The molecule has 2 aromatic heterocycles. The molecule has 8 nitrogen and oxygen atoms in total. The molecule has 164 valence electrons. The van der Waals surface area contributed by atoms with Gasteiger partial charge in [-0.3, -0.25) is 9.59 Å². The standard InChI is InChI=1S/C24H21NO7/c1-25-18-11-14(30-2)9-8-13(18)10-17(23(25)28)16(12-20(26)31-3)21-22(27)15-6-4-5-7-19(15)32-24(21)29/h4-11,16,27H,12H2,1-3H3.